The van der Waals surface area contributed by atoms with Crippen LogP contribution in [0.3, 0.4) is 0 Å². The number of aliphatic hydroxyl groups excluding tert-OH is 1. The number of rotatable bonds is 5. The first-order chi connectivity index (χ1) is 14.2. The minimum Gasteiger partial charge on any atom is -0.457 e. The molecule has 0 aliphatic carbocycles. The van der Waals surface area contributed by atoms with Gasteiger partial charge in [0.1, 0.15) is 11.5 Å². The summed E-state index contributed by atoms with van der Waals surface area (Å²) in [7, 11) is 0. The van der Waals surface area contributed by atoms with Crippen molar-refractivity contribution in [1.29, 1.82) is 0 Å². The van der Waals surface area contributed by atoms with Gasteiger partial charge in [-0.15, -0.1) is 0 Å². The molecule has 1 saturated heterocycles. The van der Waals surface area contributed by atoms with Gasteiger partial charge in [-0.25, -0.2) is 0 Å². The fourth-order valence-electron chi connectivity index (χ4n) is 3.76. The van der Waals surface area contributed by atoms with Gasteiger partial charge in [0.2, 0.25) is 0 Å². The fraction of sp³-hybridized carbons (Fsp3) is 0.208. The molecule has 0 saturated carbocycles. The summed E-state index contributed by atoms with van der Waals surface area (Å²) in [5.41, 5.74) is 0.554. The lowest BCUT2D eigenvalue weighted by molar-refractivity contribution is 0.0289. The number of hydrogen-bond donors (Lipinski definition) is 3. The van der Waals surface area contributed by atoms with E-state index >= 15 is 0 Å². The molecule has 5 nitrogen and oxygen atoms in total. The molecular formula is C24H24N2O3. The van der Waals surface area contributed by atoms with Crippen molar-refractivity contribution in [2.24, 2.45) is 0 Å². The number of ether oxygens (including phenoxy) is 1. The largest absolute Gasteiger partial charge is 0.457 e. The van der Waals surface area contributed by atoms with Gasteiger partial charge in [-0.2, -0.15) is 0 Å². The molecule has 2 atom stereocenters. The van der Waals surface area contributed by atoms with Gasteiger partial charge in [0, 0.05) is 12.1 Å². The topological polar surface area (TPSA) is 70.6 Å². The summed E-state index contributed by atoms with van der Waals surface area (Å²) >= 11 is 0. The van der Waals surface area contributed by atoms with Crippen molar-refractivity contribution in [2.45, 2.75) is 18.1 Å². The molecule has 3 N–H and O–H groups in total. The first-order valence-electron chi connectivity index (χ1n) is 9.77. The molecule has 1 amide bonds. The number of carbonyl (C=O) groups excluding carboxylic acids is 1. The molecule has 4 rings (SSSR count). The minimum atomic E-state index is -0.833. The number of amides is 1. The van der Waals surface area contributed by atoms with Crippen molar-refractivity contribution in [2.75, 3.05) is 13.1 Å². The summed E-state index contributed by atoms with van der Waals surface area (Å²) < 4.78 is 5.85. The van der Waals surface area contributed by atoms with Crippen LogP contribution in [0.4, 0.5) is 0 Å². The van der Waals surface area contributed by atoms with E-state index in [0.29, 0.717) is 36.6 Å². The van der Waals surface area contributed by atoms with Crippen LogP contribution in [0.15, 0.2) is 84.9 Å². The maximum absolute atomic E-state index is 13.1. The zero-order valence-corrected chi connectivity index (χ0v) is 16.0. The maximum atomic E-state index is 13.1. The average molecular weight is 388 g/mol. The van der Waals surface area contributed by atoms with Crippen LogP contribution in [0.1, 0.15) is 22.3 Å². The van der Waals surface area contributed by atoms with E-state index in [1.54, 1.807) is 18.2 Å². The van der Waals surface area contributed by atoms with Gasteiger partial charge in [0.05, 0.1) is 11.6 Å². The van der Waals surface area contributed by atoms with Crippen molar-refractivity contribution in [3.63, 3.8) is 0 Å². The van der Waals surface area contributed by atoms with Gasteiger partial charge in [0.25, 0.3) is 5.91 Å². The van der Waals surface area contributed by atoms with E-state index in [4.69, 9.17) is 4.74 Å². The van der Waals surface area contributed by atoms with Gasteiger partial charge in [-0.1, -0.05) is 54.6 Å². The van der Waals surface area contributed by atoms with E-state index in [-0.39, 0.29) is 5.91 Å². The average Bonchev–Trinajstić information content (AvgIpc) is 2.77. The molecule has 1 heterocycles. The molecule has 29 heavy (non-hydrogen) atoms. The molecule has 1 aliphatic heterocycles. The monoisotopic (exact) mass is 388 g/mol. The summed E-state index contributed by atoms with van der Waals surface area (Å²) in [6.45, 7) is 1.13. The summed E-state index contributed by atoms with van der Waals surface area (Å²) in [6.07, 6.45) is -0.129. The normalized spacial score (nSPS) is 21.3. The quantitative estimate of drug-likeness (QED) is 0.626. The Bertz CT molecular complexity index is 962. The fourth-order valence-corrected chi connectivity index (χ4v) is 3.76. The SMILES string of the molecule is O=C(N[C@@]1(c2ccccc2)CCNC[C@H]1O)c1cccc(Oc2ccccc2)c1. The van der Waals surface area contributed by atoms with E-state index < -0.39 is 11.6 Å². The Kier molecular flexibility index (Phi) is 5.60. The van der Waals surface area contributed by atoms with E-state index in [9.17, 15) is 9.90 Å². The number of aliphatic hydroxyl groups is 1. The lowest BCUT2D eigenvalue weighted by Crippen LogP contribution is -2.61. The van der Waals surface area contributed by atoms with Crippen LogP contribution in [0.25, 0.3) is 0 Å². The Morgan fingerprint density at radius 3 is 2.38 bits per heavy atom. The molecule has 3 aromatic carbocycles. The van der Waals surface area contributed by atoms with Crippen LogP contribution in [0.2, 0.25) is 0 Å². The second-order valence-electron chi connectivity index (χ2n) is 7.20. The minimum absolute atomic E-state index is 0.242. The van der Waals surface area contributed by atoms with Crippen molar-refractivity contribution >= 4 is 5.91 Å². The molecule has 3 aromatic rings. The Balaban J connectivity index is 1.59. The van der Waals surface area contributed by atoms with Crippen LogP contribution in [0.5, 0.6) is 11.5 Å². The molecule has 5 heteroatoms. The van der Waals surface area contributed by atoms with Gasteiger partial charge in [-0.05, 0) is 48.9 Å². The molecular weight excluding hydrogens is 364 g/mol. The summed E-state index contributed by atoms with van der Waals surface area (Å²) in [5, 5.41) is 17.1. The molecule has 0 aromatic heterocycles. The number of piperidine rings is 1. The molecule has 0 radical (unpaired) electrons. The van der Waals surface area contributed by atoms with Crippen molar-refractivity contribution in [3.05, 3.63) is 96.1 Å². The summed E-state index contributed by atoms with van der Waals surface area (Å²) in [6, 6.07) is 26.2. The van der Waals surface area contributed by atoms with Gasteiger partial charge in [-0.3, -0.25) is 4.79 Å². The van der Waals surface area contributed by atoms with Crippen LogP contribution < -0.4 is 15.4 Å². The van der Waals surface area contributed by atoms with Gasteiger partial charge in [0.15, 0.2) is 0 Å². The number of carbonyl (C=O) groups is 1. The Hall–Kier alpha value is -3.15. The highest BCUT2D eigenvalue weighted by Gasteiger charge is 2.42. The highest BCUT2D eigenvalue weighted by Crippen LogP contribution is 2.32. The summed E-state index contributed by atoms with van der Waals surface area (Å²) in [5.74, 6) is 1.05. The lowest BCUT2D eigenvalue weighted by atomic mass is 9.79. The van der Waals surface area contributed by atoms with Crippen molar-refractivity contribution in [1.82, 2.24) is 10.6 Å². The van der Waals surface area contributed by atoms with Gasteiger partial charge >= 0.3 is 0 Å². The maximum Gasteiger partial charge on any atom is 0.252 e. The predicted octanol–water partition coefficient (Wildman–Crippen LogP) is 3.46. The number of hydrogen-bond acceptors (Lipinski definition) is 4. The zero-order chi connectivity index (χ0) is 20.1. The second kappa shape index (κ2) is 8.47. The van der Waals surface area contributed by atoms with Crippen molar-refractivity contribution in [3.8, 4) is 11.5 Å². The lowest BCUT2D eigenvalue weighted by Gasteiger charge is -2.43. The highest BCUT2D eigenvalue weighted by atomic mass is 16.5. The molecule has 148 valence electrons. The first kappa shape index (κ1) is 19.2. The van der Waals surface area contributed by atoms with Gasteiger partial charge < -0.3 is 20.5 Å². The molecule has 0 bridgehead atoms. The third-order valence-corrected chi connectivity index (χ3v) is 5.30. The first-order valence-corrected chi connectivity index (χ1v) is 9.77. The molecule has 1 aliphatic rings. The van der Waals surface area contributed by atoms with E-state index in [0.717, 1.165) is 5.56 Å². The van der Waals surface area contributed by atoms with E-state index in [1.807, 2.05) is 66.7 Å². The zero-order valence-electron chi connectivity index (χ0n) is 16.0. The predicted molar refractivity (Wildman–Crippen MR) is 112 cm³/mol. The number of benzene rings is 3. The van der Waals surface area contributed by atoms with Crippen LogP contribution in [0, 0.1) is 0 Å². The van der Waals surface area contributed by atoms with E-state index in [2.05, 4.69) is 10.6 Å². The Morgan fingerprint density at radius 2 is 1.66 bits per heavy atom. The number of β-amino-alcohol motifs (C(OH)–C–C–N with tert-alkyl or cyclic N) is 1. The summed E-state index contributed by atoms with van der Waals surface area (Å²) in [4.78, 5) is 13.1. The number of nitrogens with one attached hydrogen (secondary N) is 2. The Labute approximate surface area is 170 Å². The van der Waals surface area contributed by atoms with Crippen molar-refractivity contribution < 1.29 is 14.6 Å². The second-order valence-corrected chi connectivity index (χ2v) is 7.20. The molecule has 1 fully saturated rings. The smallest absolute Gasteiger partial charge is 0.252 e. The standard InChI is InChI=1S/C24H24N2O3/c27-22-17-25-15-14-24(22,19-9-3-1-4-10-19)26-23(28)18-8-7-13-21(16-18)29-20-11-5-2-6-12-20/h1-13,16,22,25,27H,14-15,17H2,(H,26,28)/t22-,24-/m1/s1. The third-order valence-electron chi connectivity index (χ3n) is 5.30. The van der Waals surface area contributed by atoms with Crippen LogP contribution in [-0.4, -0.2) is 30.2 Å². The van der Waals surface area contributed by atoms with E-state index in [1.165, 1.54) is 0 Å². The highest BCUT2D eigenvalue weighted by molar-refractivity contribution is 5.95. The molecule has 0 unspecified atom stereocenters. The number of para-hydroxylation sites is 1. The molecule has 0 spiro atoms. The third kappa shape index (κ3) is 4.16. The Morgan fingerprint density at radius 1 is 0.966 bits per heavy atom. The van der Waals surface area contributed by atoms with Crippen LogP contribution >= 0.6 is 0 Å². The van der Waals surface area contributed by atoms with Crippen LogP contribution in [-0.2, 0) is 5.54 Å².